The predicted octanol–water partition coefficient (Wildman–Crippen LogP) is 4.96. The molecule has 2 heterocycles. The van der Waals surface area contributed by atoms with E-state index in [9.17, 15) is 9.59 Å². The lowest BCUT2D eigenvalue weighted by Gasteiger charge is -2.43. The molecule has 1 atom stereocenters. The van der Waals surface area contributed by atoms with Crippen LogP contribution in [0.15, 0.2) is 48.8 Å². The molecule has 0 N–H and O–H groups in total. The standard InChI is InChI=1S/C28H37N3O2/c1-30(2)27(33)28(19-23-12-6-7-14-25(23)24-13-8-16-29-20-24)15-9-17-31(21-28)26(32)18-22-10-4-3-5-11-22/h6-8,12-14,16,20,22H,3-5,9-11,15,17-19,21H2,1-2H3/t28-/m0/s1. The summed E-state index contributed by atoms with van der Waals surface area (Å²) in [6.45, 7) is 1.27. The molecule has 1 saturated heterocycles. The summed E-state index contributed by atoms with van der Waals surface area (Å²) in [6.07, 6.45) is 12.7. The Bertz CT molecular complexity index is 953. The highest BCUT2D eigenvalue weighted by Gasteiger charge is 2.44. The fourth-order valence-electron chi connectivity index (χ4n) is 5.82. The van der Waals surface area contributed by atoms with Gasteiger partial charge in [-0.2, -0.15) is 0 Å². The van der Waals surface area contributed by atoms with E-state index in [1.807, 2.05) is 43.4 Å². The van der Waals surface area contributed by atoms with E-state index < -0.39 is 5.41 Å². The highest BCUT2D eigenvalue weighted by molar-refractivity contribution is 5.85. The van der Waals surface area contributed by atoms with Gasteiger partial charge in [-0.05, 0) is 55.2 Å². The minimum atomic E-state index is -0.595. The molecule has 0 unspecified atom stereocenters. The molecule has 0 spiro atoms. The first-order valence-corrected chi connectivity index (χ1v) is 12.5. The summed E-state index contributed by atoms with van der Waals surface area (Å²) in [7, 11) is 3.67. The molecule has 2 fully saturated rings. The van der Waals surface area contributed by atoms with Crippen molar-refractivity contribution in [3.05, 3.63) is 54.4 Å². The number of carbonyl (C=O) groups is 2. The summed E-state index contributed by atoms with van der Waals surface area (Å²) >= 11 is 0. The number of piperidine rings is 1. The molecule has 5 heteroatoms. The molecule has 1 aliphatic carbocycles. The third-order valence-corrected chi connectivity index (χ3v) is 7.50. The van der Waals surface area contributed by atoms with Gasteiger partial charge in [-0.3, -0.25) is 14.6 Å². The summed E-state index contributed by atoms with van der Waals surface area (Å²) in [5.41, 5.74) is 2.72. The highest BCUT2D eigenvalue weighted by atomic mass is 16.2. The van der Waals surface area contributed by atoms with Crippen LogP contribution in [0.25, 0.3) is 11.1 Å². The Labute approximate surface area is 198 Å². The van der Waals surface area contributed by atoms with Crippen LogP contribution >= 0.6 is 0 Å². The lowest BCUT2D eigenvalue weighted by Crippen LogP contribution is -2.54. The summed E-state index contributed by atoms with van der Waals surface area (Å²) in [5, 5.41) is 0. The number of likely N-dealkylation sites (tertiary alicyclic amines) is 1. The average Bonchev–Trinajstić information content (AvgIpc) is 2.85. The van der Waals surface area contributed by atoms with Crippen LogP contribution in [0.4, 0.5) is 0 Å². The molecule has 1 aliphatic heterocycles. The van der Waals surface area contributed by atoms with E-state index in [0.717, 1.165) is 36.1 Å². The zero-order valence-corrected chi connectivity index (χ0v) is 20.1. The second kappa shape index (κ2) is 10.5. The van der Waals surface area contributed by atoms with Gasteiger partial charge in [0.15, 0.2) is 0 Å². The largest absolute Gasteiger partial charge is 0.348 e. The van der Waals surface area contributed by atoms with Crippen LogP contribution in [0.3, 0.4) is 0 Å². The number of aromatic nitrogens is 1. The van der Waals surface area contributed by atoms with Gasteiger partial charge in [-0.25, -0.2) is 0 Å². The van der Waals surface area contributed by atoms with Crippen LogP contribution in [0.1, 0.15) is 56.9 Å². The number of amides is 2. The van der Waals surface area contributed by atoms with Gasteiger partial charge in [0.25, 0.3) is 0 Å². The Morgan fingerprint density at radius 2 is 1.85 bits per heavy atom. The van der Waals surface area contributed by atoms with Crippen molar-refractivity contribution in [2.24, 2.45) is 11.3 Å². The number of benzene rings is 1. The van der Waals surface area contributed by atoms with Crippen molar-refractivity contribution in [2.75, 3.05) is 27.2 Å². The monoisotopic (exact) mass is 447 g/mol. The van der Waals surface area contributed by atoms with Crippen LogP contribution in [0.5, 0.6) is 0 Å². The number of carbonyl (C=O) groups excluding carboxylic acids is 2. The molecule has 4 rings (SSSR count). The maximum absolute atomic E-state index is 13.6. The van der Waals surface area contributed by atoms with E-state index in [1.165, 1.54) is 32.1 Å². The fourth-order valence-corrected chi connectivity index (χ4v) is 5.82. The van der Waals surface area contributed by atoms with Crippen molar-refractivity contribution < 1.29 is 9.59 Å². The topological polar surface area (TPSA) is 53.5 Å². The van der Waals surface area contributed by atoms with Crippen molar-refractivity contribution in [3.8, 4) is 11.1 Å². The normalized spacial score (nSPS) is 21.6. The number of pyridine rings is 1. The molecule has 176 valence electrons. The van der Waals surface area contributed by atoms with Gasteiger partial charge in [0.05, 0.1) is 5.41 Å². The Morgan fingerprint density at radius 3 is 2.58 bits per heavy atom. The third kappa shape index (κ3) is 5.45. The molecule has 1 aromatic heterocycles. The fraction of sp³-hybridized carbons (Fsp3) is 0.536. The molecule has 2 amide bonds. The third-order valence-electron chi connectivity index (χ3n) is 7.50. The van der Waals surface area contributed by atoms with E-state index in [1.54, 1.807) is 11.1 Å². The van der Waals surface area contributed by atoms with E-state index in [2.05, 4.69) is 23.2 Å². The van der Waals surface area contributed by atoms with Crippen LogP contribution < -0.4 is 0 Å². The number of hydrogen-bond donors (Lipinski definition) is 0. The van der Waals surface area contributed by atoms with Crippen molar-refractivity contribution in [3.63, 3.8) is 0 Å². The van der Waals surface area contributed by atoms with Gasteiger partial charge < -0.3 is 9.80 Å². The second-order valence-electron chi connectivity index (χ2n) is 10.2. The first-order valence-electron chi connectivity index (χ1n) is 12.5. The minimum absolute atomic E-state index is 0.124. The number of hydrogen-bond acceptors (Lipinski definition) is 3. The SMILES string of the molecule is CN(C)C(=O)[C@]1(Cc2ccccc2-c2cccnc2)CCCN(C(=O)CC2CCCCC2)C1. The van der Waals surface area contributed by atoms with Gasteiger partial charge in [0, 0.05) is 51.6 Å². The molecular formula is C28H37N3O2. The zero-order chi connectivity index (χ0) is 23.3. The molecular weight excluding hydrogens is 410 g/mol. The zero-order valence-electron chi connectivity index (χ0n) is 20.1. The molecule has 1 aromatic carbocycles. The molecule has 2 aliphatic rings. The van der Waals surface area contributed by atoms with E-state index in [4.69, 9.17) is 0 Å². The first kappa shape index (κ1) is 23.5. The van der Waals surface area contributed by atoms with E-state index >= 15 is 0 Å². The maximum Gasteiger partial charge on any atom is 0.230 e. The predicted molar refractivity (Wildman–Crippen MR) is 132 cm³/mol. The molecule has 33 heavy (non-hydrogen) atoms. The van der Waals surface area contributed by atoms with Gasteiger partial charge >= 0.3 is 0 Å². The molecule has 0 bridgehead atoms. The summed E-state index contributed by atoms with van der Waals surface area (Å²) in [6, 6.07) is 12.3. The molecule has 5 nitrogen and oxygen atoms in total. The van der Waals surface area contributed by atoms with Crippen LogP contribution in [0.2, 0.25) is 0 Å². The van der Waals surface area contributed by atoms with Crippen molar-refractivity contribution in [1.82, 2.24) is 14.8 Å². The van der Waals surface area contributed by atoms with Gasteiger partial charge in [-0.1, -0.05) is 49.6 Å². The number of nitrogens with zero attached hydrogens (tertiary/aromatic N) is 3. The smallest absolute Gasteiger partial charge is 0.230 e. The second-order valence-corrected chi connectivity index (χ2v) is 10.2. The quantitative estimate of drug-likeness (QED) is 0.629. The van der Waals surface area contributed by atoms with Crippen molar-refractivity contribution >= 4 is 11.8 Å². The molecule has 0 radical (unpaired) electrons. The Hall–Kier alpha value is -2.69. The lowest BCUT2D eigenvalue weighted by atomic mass is 9.72. The lowest BCUT2D eigenvalue weighted by molar-refractivity contribution is -0.147. The Balaban J connectivity index is 1.60. The van der Waals surface area contributed by atoms with Crippen molar-refractivity contribution in [2.45, 2.75) is 57.8 Å². The number of rotatable bonds is 6. The summed E-state index contributed by atoms with van der Waals surface area (Å²) in [5.74, 6) is 0.871. The summed E-state index contributed by atoms with van der Waals surface area (Å²) in [4.78, 5) is 34.9. The first-order chi connectivity index (χ1) is 16.0. The average molecular weight is 448 g/mol. The Kier molecular flexibility index (Phi) is 7.46. The van der Waals surface area contributed by atoms with Crippen molar-refractivity contribution in [1.29, 1.82) is 0 Å². The maximum atomic E-state index is 13.6. The van der Waals surface area contributed by atoms with Gasteiger partial charge in [0.2, 0.25) is 11.8 Å². The highest BCUT2D eigenvalue weighted by Crippen LogP contribution is 2.39. The van der Waals surface area contributed by atoms with Gasteiger partial charge in [-0.15, -0.1) is 0 Å². The minimum Gasteiger partial charge on any atom is -0.348 e. The van der Waals surface area contributed by atoms with Gasteiger partial charge in [0.1, 0.15) is 0 Å². The Morgan fingerprint density at radius 1 is 1.06 bits per heavy atom. The molecule has 2 aromatic rings. The van der Waals surface area contributed by atoms with E-state index in [-0.39, 0.29) is 11.8 Å². The summed E-state index contributed by atoms with van der Waals surface area (Å²) < 4.78 is 0. The molecule has 1 saturated carbocycles. The van der Waals surface area contributed by atoms with Crippen LogP contribution in [0, 0.1) is 11.3 Å². The van der Waals surface area contributed by atoms with Crippen LogP contribution in [-0.4, -0.2) is 53.8 Å². The van der Waals surface area contributed by atoms with Crippen LogP contribution in [-0.2, 0) is 16.0 Å². The van der Waals surface area contributed by atoms with E-state index in [0.29, 0.717) is 25.3 Å².